The first-order valence-electron chi connectivity index (χ1n) is 7.05. The predicted molar refractivity (Wildman–Crippen MR) is 74.1 cm³/mol. The Morgan fingerprint density at radius 2 is 2.06 bits per heavy atom. The van der Waals surface area contributed by atoms with Crippen LogP contribution in [0.1, 0.15) is 59.3 Å². The van der Waals surface area contributed by atoms with Crippen LogP contribution >= 0.6 is 0 Å². The Kier molecular flexibility index (Phi) is 6.21. The van der Waals surface area contributed by atoms with Crippen LogP contribution in [0.2, 0.25) is 0 Å². The zero-order chi connectivity index (χ0) is 12.7. The van der Waals surface area contributed by atoms with Crippen molar-refractivity contribution in [1.29, 1.82) is 0 Å². The number of rotatable bonds is 4. The summed E-state index contributed by atoms with van der Waals surface area (Å²) in [7, 11) is 0. The fourth-order valence-corrected chi connectivity index (χ4v) is 2.40. The normalized spacial score (nSPS) is 26.0. The fraction of sp³-hybridized carbons (Fsp3) is 0.867. The summed E-state index contributed by atoms with van der Waals surface area (Å²) < 4.78 is 0. The molecular weight excluding hydrogens is 210 g/mol. The van der Waals surface area contributed by atoms with Crippen LogP contribution in [0.25, 0.3) is 0 Å². The maximum absolute atomic E-state index is 9.95. The highest BCUT2D eigenvalue weighted by Crippen LogP contribution is 2.20. The quantitative estimate of drug-likeness (QED) is 0.738. The number of aliphatic hydroxyl groups is 1. The number of hydrogen-bond donors (Lipinski definition) is 2. The van der Waals surface area contributed by atoms with E-state index in [1.807, 2.05) is 0 Å². The monoisotopic (exact) mass is 239 g/mol. The molecule has 0 saturated carbocycles. The molecule has 0 aliphatic heterocycles. The largest absolute Gasteiger partial charge is 0.392 e. The van der Waals surface area contributed by atoms with E-state index in [-0.39, 0.29) is 11.5 Å². The highest BCUT2D eigenvalue weighted by atomic mass is 16.3. The zero-order valence-electron chi connectivity index (χ0n) is 11.7. The summed E-state index contributed by atoms with van der Waals surface area (Å²) in [4.78, 5) is 0. The van der Waals surface area contributed by atoms with Crippen LogP contribution in [0.15, 0.2) is 12.2 Å². The van der Waals surface area contributed by atoms with Crippen LogP contribution < -0.4 is 5.32 Å². The second kappa shape index (κ2) is 7.17. The van der Waals surface area contributed by atoms with E-state index >= 15 is 0 Å². The van der Waals surface area contributed by atoms with Crippen molar-refractivity contribution >= 4 is 0 Å². The lowest BCUT2D eigenvalue weighted by Crippen LogP contribution is -2.36. The Hall–Kier alpha value is -0.340. The number of hydrogen-bond acceptors (Lipinski definition) is 2. The molecular formula is C15H29NO. The van der Waals surface area contributed by atoms with E-state index in [9.17, 15) is 5.11 Å². The average molecular weight is 239 g/mol. The zero-order valence-corrected chi connectivity index (χ0v) is 11.7. The highest BCUT2D eigenvalue weighted by Gasteiger charge is 2.17. The van der Waals surface area contributed by atoms with Crippen LogP contribution in [0.4, 0.5) is 0 Å². The van der Waals surface area contributed by atoms with Gasteiger partial charge in [0.2, 0.25) is 0 Å². The molecule has 2 atom stereocenters. The molecule has 1 rings (SSSR count). The van der Waals surface area contributed by atoms with Gasteiger partial charge in [-0.1, -0.05) is 45.8 Å². The van der Waals surface area contributed by atoms with E-state index < -0.39 is 0 Å². The van der Waals surface area contributed by atoms with Gasteiger partial charge < -0.3 is 10.4 Å². The fourth-order valence-electron chi connectivity index (χ4n) is 2.40. The first-order valence-corrected chi connectivity index (χ1v) is 7.05. The molecule has 0 spiro atoms. The van der Waals surface area contributed by atoms with Gasteiger partial charge in [-0.2, -0.15) is 0 Å². The Balaban J connectivity index is 2.26. The summed E-state index contributed by atoms with van der Waals surface area (Å²) in [5, 5.41) is 13.4. The molecule has 17 heavy (non-hydrogen) atoms. The summed E-state index contributed by atoms with van der Waals surface area (Å²) in [6.45, 7) is 7.23. The maximum atomic E-state index is 9.95. The van der Waals surface area contributed by atoms with Gasteiger partial charge in [0, 0.05) is 12.6 Å². The second-order valence-corrected chi connectivity index (χ2v) is 6.50. The van der Waals surface area contributed by atoms with Gasteiger partial charge in [0.1, 0.15) is 0 Å². The van der Waals surface area contributed by atoms with Crippen LogP contribution in [0.5, 0.6) is 0 Å². The lowest BCUT2D eigenvalue weighted by Gasteiger charge is -2.24. The summed E-state index contributed by atoms with van der Waals surface area (Å²) in [6, 6.07) is 0.463. The van der Waals surface area contributed by atoms with Gasteiger partial charge in [0.15, 0.2) is 0 Å². The van der Waals surface area contributed by atoms with Crippen molar-refractivity contribution in [2.24, 2.45) is 5.41 Å². The first-order chi connectivity index (χ1) is 7.97. The minimum absolute atomic E-state index is 0.206. The van der Waals surface area contributed by atoms with Gasteiger partial charge in [0.25, 0.3) is 0 Å². The Bertz CT molecular complexity index is 230. The van der Waals surface area contributed by atoms with E-state index in [2.05, 4.69) is 38.2 Å². The molecule has 0 radical (unpaired) electrons. The third-order valence-corrected chi connectivity index (χ3v) is 3.22. The molecule has 0 fully saturated rings. The van der Waals surface area contributed by atoms with E-state index in [4.69, 9.17) is 0 Å². The third-order valence-electron chi connectivity index (χ3n) is 3.22. The Labute approximate surface area is 106 Å². The molecule has 2 heteroatoms. The minimum atomic E-state index is -0.228. The van der Waals surface area contributed by atoms with Crippen molar-refractivity contribution in [3.63, 3.8) is 0 Å². The lowest BCUT2D eigenvalue weighted by molar-refractivity contribution is 0.117. The smallest absolute Gasteiger partial charge is 0.0669 e. The Morgan fingerprint density at radius 1 is 1.29 bits per heavy atom. The van der Waals surface area contributed by atoms with Crippen LogP contribution in [-0.4, -0.2) is 23.8 Å². The number of nitrogens with one attached hydrogen (secondary N) is 1. The molecule has 0 bridgehead atoms. The van der Waals surface area contributed by atoms with E-state index in [1.165, 1.54) is 32.1 Å². The van der Waals surface area contributed by atoms with Gasteiger partial charge in [-0.25, -0.2) is 0 Å². The molecule has 0 amide bonds. The summed E-state index contributed by atoms with van der Waals surface area (Å²) >= 11 is 0. The van der Waals surface area contributed by atoms with E-state index in [0.29, 0.717) is 12.6 Å². The SMILES string of the molecule is CC(C)(C)CC(O)CNC1/C=C/CCCCC1. The summed E-state index contributed by atoms with van der Waals surface area (Å²) in [5.74, 6) is 0. The van der Waals surface area contributed by atoms with Crippen molar-refractivity contribution in [1.82, 2.24) is 5.32 Å². The second-order valence-electron chi connectivity index (χ2n) is 6.50. The molecule has 0 heterocycles. The van der Waals surface area contributed by atoms with Crippen molar-refractivity contribution in [2.45, 2.75) is 71.4 Å². The van der Waals surface area contributed by atoms with Gasteiger partial charge in [-0.15, -0.1) is 0 Å². The van der Waals surface area contributed by atoms with E-state index in [0.717, 1.165) is 6.42 Å². The molecule has 1 aliphatic rings. The molecule has 2 unspecified atom stereocenters. The lowest BCUT2D eigenvalue weighted by atomic mass is 9.89. The number of allylic oxidation sites excluding steroid dienone is 1. The van der Waals surface area contributed by atoms with Crippen molar-refractivity contribution in [3.05, 3.63) is 12.2 Å². The van der Waals surface area contributed by atoms with Gasteiger partial charge >= 0.3 is 0 Å². The highest BCUT2D eigenvalue weighted by molar-refractivity contribution is 4.94. The average Bonchev–Trinajstić information content (AvgIpc) is 2.13. The molecule has 2 N–H and O–H groups in total. The predicted octanol–water partition coefficient (Wildman–Crippen LogP) is 3.26. The summed E-state index contributed by atoms with van der Waals surface area (Å²) in [5.41, 5.74) is 0.206. The molecule has 2 nitrogen and oxygen atoms in total. The van der Waals surface area contributed by atoms with Gasteiger partial charge in [0.05, 0.1) is 6.10 Å². The van der Waals surface area contributed by atoms with Crippen LogP contribution in [-0.2, 0) is 0 Å². The van der Waals surface area contributed by atoms with E-state index in [1.54, 1.807) is 0 Å². The summed E-state index contributed by atoms with van der Waals surface area (Å²) in [6.07, 6.45) is 11.6. The molecule has 0 aromatic carbocycles. The van der Waals surface area contributed by atoms with Gasteiger partial charge in [-0.3, -0.25) is 0 Å². The van der Waals surface area contributed by atoms with Crippen molar-refractivity contribution in [3.8, 4) is 0 Å². The first kappa shape index (κ1) is 14.7. The molecule has 1 aliphatic carbocycles. The molecule has 100 valence electrons. The third kappa shape index (κ3) is 7.56. The van der Waals surface area contributed by atoms with Crippen molar-refractivity contribution in [2.75, 3.05) is 6.54 Å². The van der Waals surface area contributed by atoms with Crippen molar-refractivity contribution < 1.29 is 5.11 Å². The van der Waals surface area contributed by atoms with Crippen LogP contribution in [0, 0.1) is 5.41 Å². The van der Waals surface area contributed by atoms with Gasteiger partial charge in [-0.05, 0) is 31.1 Å². The minimum Gasteiger partial charge on any atom is -0.392 e. The number of aliphatic hydroxyl groups excluding tert-OH is 1. The van der Waals surface area contributed by atoms with Crippen LogP contribution in [0.3, 0.4) is 0 Å². The molecule has 0 saturated heterocycles. The standard InChI is InChI=1S/C15H29NO/c1-15(2,3)11-14(17)12-16-13-9-7-5-4-6-8-10-13/h7,9,13-14,16-17H,4-6,8,10-12H2,1-3H3/b9-7+. The molecule has 0 aromatic heterocycles. The topological polar surface area (TPSA) is 32.3 Å². The Morgan fingerprint density at radius 3 is 2.76 bits per heavy atom. The maximum Gasteiger partial charge on any atom is 0.0669 e. The molecule has 0 aromatic rings.